The fourth-order valence-corrected chi connectivity index (χ4v) is 2.16. The molecule has 0 aliphatic rings. The Balaban J connectivity index is 0.000000160. The molecule has 6 nitrogen and oxygen atoms in total. The lowest BCUT2D eigenvalue weighted by Gasteiger charge is -1.97. The van der Waals surface area contributed by atoms with Crippen LogP contribution in [-0.4, -0.2) is 22.9 Å². The van der Waals surface area contributed by atoms with Crippen molar-refractivity contribution in [1.82, 2.24) is 9.97 Å². The second kappa shape index (κ2) is 6.50. The van der Waals surface area contributed by atoms with Crippen molar-refractivity contribution in [3.63, 3.8) is 0 Å². The number of anilines is 1. The topological polar surface area (TPSA) is 106 Å². The first-order valence-corrected chi connectivity index (χ1v) is 7.81. The summed E-state index contributed by atoms with van der Waals surface area (Å²) in [6.07, 6.45) is 3.13. The summed E-state index contributed by atoms with van der Waals surface area (Å²) >= 11 is 0. The molecule has 1 aromatic carbocycles. The maximum atomic E-state index is 10.4. The van der Waals surface area contributed by atoms with Gasteiger partial charge in [0.15, 0.2) is 5.03 Å². The first-order valence-electron chi connectivity index (χ1n) is 6.37. The maximum Gasteiger partial charge on any atom is 0.312 e. The summed E-state index contributed by atoms with van der Waals surface area (Å²) in [6, 6.07) is 12.5. The number of benzene rings is 1. The molecule has 0 fully saturated rings. The maximum absolute atomic E-state index is 10.4. The molecule has 0 aliphatic heterocycles. The van der Waals surface area contributed by atoms with Gasteiger partial charge in [-0.1, -0.05) is 24.3 Å². The molecule has 2 heterocycles. The summed E-state index contributed by atoms with van der Waals surface area (Å²) in [5, 5.41) is 0.774. The molecular weight excluding hydrogens is 302 g/mol. The molecule has 0 saturated carbocycles. The minimum atomic E-state index is -4.13. The Morgan fingerprint density at radius 3 is 2.36 bits per heavy atom. The molecule has 0 radical (unpaired) electrons. The second-order valence-corrected chi connectivity index (χ2v) is 5.94. The Bertz CT molecular complexity index is 873. The molecule has 0 bridgehead atoms. The summed E-state index contributed by atoms with van der Waals surface area (Å²) in [4.78, 5) is 7.67. The lowest BCUT2D eigenvalue weighted by atomic mass is 10.2. The van der Waals surface area contributed by atoms with Crippen LogP contribution in [0.4, 0.5) is 5.69 Å². The Labute approximate surface area is 128 Å². The molecule has 2 aromatic heterocycles. The quantitative estimate of drug-likeness (QED) is 0.527. The number of fused-ring (bicyclic) bond motifs is 1. The van der Waals surface area contributed by atoms with E-state index < -0.39 is 10.1 Å². The summed E-state index contributed by atoms with van der Waals surface area (Å²) in [5.74, 6) is 0. The summed E-state index contributed by atoms with van der Waals surface area (Å²) in [5.41, 5.74) is 8.16. The van der Waals surface area contributed by atoms with Crippen LogP contribution in [0.25, 0.3) is 10.9 Å². The fourth-order valence-electron chi connectivity index (χ4n) is 1.73. The van der Waals surface area contributed by atoms with Crippen molar-refractivity contribution in [3.05, 3.63) is 60.4 Å². The van der Waals surface area contributed by atoms with E-state index in [4.69, 9.17) is 10.3 Å². The number of pyridine rings is 2. The Morgan fingerprint density at radius 1 is 1.05 bits per heavy atom. The molecule has 0 atom stereocenters. The molecular formula is C15H15N3O3S. The number of aromatic nitrogens is 2. The number of hydrogen-bond acceptors (Lipinski definition) is 5. The van der Waals surface area contributed by atoms with Crippen molar-refractivity contribution < 1.29 is 13.0 Å². The molecule has 0 aliphatic carbocycles. The van der Waals surface area contributed by atoms with Gasteiger partial charge in [-0.05, 0) is 30.7 Å². The lowest BCUT2D eigenvalue weighted by Crippen LogP contribution is -2.00. The van der Waals surface area contributed by atoms with Crippen molar-refractivity contribution in [2.24, 2.45) is 0 Å². The summed E-state index contributed by atoms with van der Waals surface area (Å²) < 4.78 is 29.4. The molecule has 0 unspecified atom stereocenters. The van der Waals surface area contributed by atoms with Crippen molar-refractivity contribution in [2.75, 3.05) is 5.73 Å². The number of nitrogen functional groups attached to an aromatic ring is 1. The number of nitrogens with zero attached hydrogens (tertiary/aromatic N) is 2. The normalized spacial score (nSPS) is 10.8. The van der Waals surface area contributed by atoms with E-state index >= 15 is 0 Å². The van der Waals surface area contributed by atoms with Gasteiger partial charge in [-0.3, -0.25) is 9.54 Å². The number of aryl methyl sites for hydroxylation is 1. The van der Waals surface area contributed by atoms with Crippen molar-refractivity contribution >= 4 is 26.7 Å². The van der Waals surface area contributed by atoms with E-state index in [1.54, 1.807) is 19.2 Å². The highest BCUT2D eigenvalue weighted by Gasteiger charge is 2.09. The zero-order chi connectivity index (χ0) is 16.2. The first-order chi connectivity index (χ1) is 10.4. The Morgan fingerprint density at radius 2 is 1.77 bits per heavy atom. The number of rotatable bonds is 1. The van der Waals surface area contributed by atoms with E-state index in [1.165, 1.54) is 12.3 Å². The molecule has 22 heavy (non-hydrogen) atoms. The molecule has 3 aromatic rings. The molecule has 3 N–H and O–H groups in total. The third-order valence-electron chi connectivity index (χ3n) is 2.81. The largest absolute Gasteiger partial charge is 0.397 e. The SMILES string of the molecule is Cc1ccc(S(=O)(=O)O)nc1.Nc1cccc2cccnc12. The van der Waals surface area contributed by atoms with Gasteiger partial charge in [-0.25, -0.2) is 4.98 Å². The molecule has 0 spiro atoms. The van der Waals surface area contributed by atoms with Gasteiger partial charge in [-0.15, -0.1) is 0 Å². The van der Waals surface area contributed by atoms with Crippen molar-refractivity contribution in [2.45, 2.75) is 11.9 Å². The summed E-state index contributed by atoms with van der Waals surface area (Å²) in [7, 11) is -4.13. The zero-order valence-electron chi connectivity index (χ0n) is 11.8. The fraction of sp³-hybridized carbons (Fsp3) is 0.0667. The van der Waals surface area contributed by atoms with Crippen LogP contribution in [0.3, 0.4) is 0 Å². The minimum absolute atomic E-state index is 0.317. The van der Waals surface area contributed by atoms with Gasteiger partial charge in [0, 0.05) is 17.8 Å². The number of hydrogen-bond donors (Lipinski definition) is 2. The van der Waals surface area contributed by atoms with Crippen LogP contribution in [0.5, 0.6) is 0 Å². The van der Waals surface area contributed by atoms with Crippen molar-refractivity contribution in [1.29, 1.82) is 0 Å². The molecule has 3 rings (SSSR count). The Hall–Kier alpha value is -2.51. The van der Waals surface area contributed by atoms with Crippen molar-refractivity contribution in [3.8, 4) is 0 Å². The predicted octanol–water partition coefficient (Wildman–Crippen LogP) is 2.45. The van der Waals surface area contributed by atoms with Gasteiger partial charge in [-0.2, -0.15) is 8.42 Å². The Kier molecular flexibility index (Phi) is 4.69. The standard InChI is InChI=1S/C9H8N2.C6H7NO3S/c10-8-5-1-3-7-4-2-6-11-9(7)8;1-5-2-3-6(7-4-5)11(8,9)10/h1-6H,10H2;2-4H,1H3,(H,8,9,10). The predicted molar refractivity (Wildman–Crippen MR) is 84.9 cm³/mol. The zero-order valence-corrected chi connectivity index (χ0v) is 12.7. The lowest BCUT2D eigenvalue weighted by molar-refractivity contribution is 0.479. The number of para-hydroxylation sites is 1. The van der Waals surface area contributed by atoms with Crippen LogP contribution in [0.1, 0.15) is 5.56 Å². The van der Waals surface area contributed by atoms with E-state index in [1.807, 2.05) is 30.3 Å². The van der Waals surface area contributed by atoms with Gasteiger partial charge in [0.2, 0.25) is 0 Å². The van der Waals surface area contributed by atoms with E-state index in [2.05, 4.69) is 9.97 Å². The van der Waals surface area contributed by atoms with Crippen LogP contribution in [0, 0.1) is 6.92 Å². The summed E-state index contributed by atoms with van der Waals surface area (Å²) in [6.45, 7) is 1.78. The van der Waals surface area contributed by atoms with Crippen LogP contribution in [0.15, 0.2) is 59.9 Å². The van der Waals surface area contributed by atoms with Crippen LogP contribution in [-0.2, 0) is 10.1 Å². The van der Waals surface area contributed by atoms with E-state index in [-0.39, 0.29) is 5.03 Å². The average Bonchev–Trinajstić information content (AvgIpc) is 2.48. The van der Waals surface area contributed by atoms with Gasteiger partial charge >= 0.3 is 10.1 Å². The first kappa shape index (κ1) is 15.9. The van der Waals surface area contributed by atoms with E-state index in [0.717, 1.165) is 22.2 Å². The highest BCUT2D eigenvalue weighted by molar-refractivity contribution is 7.85. The number of nitrogens with two attached hydrogens (primary N) is 1. The smallest absolute Gasteiger partial charge is 0.312 e. The van der Waals surface area contributed by atoms with E-state index in [0.29, 0.717) is 0 Å². The van der Waals surface area contributed by atoms with Gasteiger partial charge < -0.3 is 5.73 Å². The molecule has 114 valence electrons. The highest BCUT2D eigenvalue weighted by Crippen LogP contribution is 2.16. The highest BCUT2D eigenvalue weighted by atomic mass is 32.2. The average molecular weight is 317 g/mol. The van der Waals surface area contributed by atoms with Gasteiger partial charge in [0.25, 0.3) is 0 Å². The van der Waals surface area contributed by atoms with Crippen LogP contribution >= 0.6 is 0 Å². The minimum Gasteiger partial charge on any atom is -0.397 e. The van der Waals surface area contributed by atoms with Crippen LogP contribution < -0.4 is 5.73 Å². The van der Waals surface area contributed by atoms with Gasteiger partial charge in [0.1, 0.15) is 0 Å². The molecule has 0 saturated heterocycles. The third-order valence-corrected chi connectivity index (χ3v) is 3.58. The molecule has 7 heteroatoms. The monoisotopic (exact) mass is 317 g/mol. The molecule has 0 amide bonds. The van der Waals surface area contributed by atoms with Gasteiger partial charge in [0.05, 0.1) is 11.2 Å². The second-order valence-electron chi connectivity index (χ2n) is 4.57. The van der Waals surface area contributed by atoms with E-state index in [9.17, 15) is 8.42 Å². The van der Waals surface area contributed by atoms with Crippen LogP contribution in [0.2, 0.25) is 0 Å². The third kappa shape index (κ3) is 4.00.